The second-order valence-electron chi connectivity index (χ2n) is 4.42. The predicted octanol–water partition coefficient (Wildman–Crippen LogP) is 2.35. The van der Waals surface area contributed by atoms with E-state index in [0.717, 1.165) is 10.8 Å². The maximum absolute atomic E-state index is 11.7. The maximum Gasteiger partial charge on any atom is 0.319 e. The monoisotopic (exact) mass is 331 g/mol. The van der Waals surface area contributed by atoms with Crippen molar-refractivity contribution >= 4 is 35.1 Å². The Morgan fingerprint density at radius 1 is 1.13 bits per heavy atom. The van der Waals surface area contributed by atoms with Gasteiger partial charge in [-0.25, -0.2) is 9.78 Å². The van der Waals surface area contributed by atoms with Gasteiger partial charge in [0.25, 0.3) is 0 Å². The molecule has 2 rings (SSSR count). The fourth-order valence-electron chi connectivity index (χ4n) is 1.67. The largest absolute Gasteiger partial charge is 0.329 e. The number of aromatic nitrogens is 2. The number of thioether (sulfide) groups is 1. The third kappa shape index (κ3) is 5.95. The van der Waals surface area contributed by atoms with Crippen LogP contribution in [0.2, 0.25) is 0 Å². The van der Waals surface area contributed by atoms with Gasteiger partial charge in [-0.15, -0.1) is 11.8 Å². The molecule has 120 valence electrons. The van der Waals surface area contributed by atoms with E-state index in [1.54, 1.807) is 42.4 Å². The van der Waals surface area contributed by atoms with Gasteiger partial charge >= 0.3 is 6.03 Å². The number of anilines is 2. The average Bonchev–Trinajstić information content (AvgIpc) is 2.56. The highest BCUT2D eigenvalue weighted by atomic mass is 32.2. The second-order valence-corrected chi connectivity index (χ2v) is 5.70. The summed E-state index contributed by atoms with van der Waals surface area (Å²) in [5.74, 6) is 0.604. The lowest BCUT2D eigenvalue weighted by atomic mass is 10.4. The first-order valence-electron chi connectivity index (χ1n) is 7.01. The van der Waals surface area contributed by atoms with Crippen LogP contribution < -0.4 is 16.0 Å². The van der Waals surface area contributed by atoms with Crippen LogP contribution in [-0.2, 0) is 4.79 Å². The number of carbonyl (C=O) groups is 2. The number of pyridine rings is 2. The molecule has 2 aromatic heterocycles. The van der Waals surface area contributed by atoms with E-state index in [1.165, 1.54) is 6.20 Å². The first-order chi connectivity index (χ1) is 11.2. The standard InChI is InChI=1S/C15H17N5O2S/c1-2-23-14-6-5-12(9-17-14)20-15(22)18-10-13(21)19-11-4-3-7-16-8-11/h3-9H,2,10H2,1H3,(H,19,21)(H2,18,20,22). The van der Waals surface area contributed by atoms with Crippen LogP contribution in [0.1, 0.15) is 6.92 Å². The lowest BCUT2D eigenvalue weighted by molar-refractivity contribution is -0.115. The number of nitrogens with zero attached hydrogens (tertiary/aromatic N) is 2. The molecule has 3 amide bonds. The fraction of sp³-hybridized carbons (Fsp3) is 0.200. The summed E-state index contributed by atoms with van der Waals surface area (Å²) in [6, 6.07) is 6.55. The molecule has 0 spiro atoms. The molecule has 3 N–H and O–H groups in total. The quantitative estimate of drug-likeness (QED) is 0.706. The topological polar surface area (TPSA) is 96.0 Å². The summed E-state index contributed by atoms with van der Waals surface area (Å²) < 4.78 is 0. The van der Waals surface area contributed by atoms with Crippen LogP contribution in [0.5, 0.6) is 0 Å². The van der Waals surface area contributed by atoms with Crippen molar-refractivity contribution in [2.75, 3.05) is 22.9 Å². The Morgan fingerprint density at radius 2 is 1.96 bits per heavy atom. The molecule has 0 fully saturated rings. The Balaban J connectivity index is 1.75. The van der Waals surface area contributed by atoms with Gasteiger partial charge in [0, 0.05) is 6.20 Å². The summed E-state index contributed by atoms with van der Waals surface area (Å²) in [5.41, 5.74) is 1.14. The lowest BCUT2D eigenvalue weighted by Crippen LogP contribution is -2.35. The number of rotatable bonds is 6. The summed E-state index contributed by atoms with van der Waals surface area (Å²) in [6.45, 7) is 1.90. The molecule has 0 radical (unpaired) electrons. The van der Waals surface area contributed by atoms with E-state index in [2.05, 4.69) is 25.9 Å². The molecule has 0 aromatic carbocycles. The number of hydrogen-bond acceptors (Lipinski definition) is 5. The minimum absolute atomic E-state index is 0.141. The highest BCUT2D eigenvalue weighted by Gasteiger charge is 2.06. The first kappa shape index (κ1) is 16.8. The van der Waals surface area contributed by atoms with E-state index in [4.69, 9.17) is 0 Å². The van der Waals surface area contributed by atoms with Gasteiger partial charge in [0.1, 0.15) is 0 Å². The number of urea groups is 1. The van der Waals surface area contributed by atoms with E-state index in [1.807, 2.05) is 13.0 Å². The number of nitrogens with one attached hydrogen (secondary N) is 3. The van der Waals surface area contributed by atoms with Crippen LogP contribution in [0.4, 0.5) is 16.2 Å². The van der Waals surface area contributed by atoms with Crippen molar-refractivity contribution in [2.24, 2.45) is 0 Å². The van der Waals surface area contributed by atoms with Crippen LogP contribution in [0.25, 0.3) is 0 Å². The zero-order valence-electron chi connectivity index (χ0n) is 12.6. The Labute approximate surface area is 138 Å². The van der Waals surface area contributed by atoms with Crippen molar-refractivity contribution in [2.45, 2.75) is 11.9 Å². The normalized spacial score (nSPS) is 9.96. The third-order valence-electron chi connectivity index (χ3n) is 2.64. The third-order valence-corrected chi connectivity index (χ3v) is 3.47. The lowest BCUT2D eigenvalue weighted by Gasteiger charge is -2.08. The average molecular weight is 331 g/mol. The molecule has 0 saturated carbocycles. The van der Waals surface area contributed by atoms with Crippen molar-refractivity contribution in [3.8, 4) is 0 Å². The van der Waals surface area contributed by atoms with Crippen molar-refractivity contribution in [3.63, 3.8) is 0 Å². The molecule has 2 aromatic rings. The van der Waals surface area contributed by atoms with Gasteiger partial charge in [0.2, 0.25) is 5.91 Å². The number of hydrogen-bond donors (Lipinski definition) is 3. The van der Waals surface area contributed by atoms with Crippen molar-refractivity contribution in [3.05, 3.63) is 42.9 Å². The predicted molar refractivity (Wildman–Crippen MR) is 90.5 cm³/mol. The van der Waals surface area contributed by atoms with Gasteiger partial charge in [-0.1, -0.05) is 6.92 Å². The van der Waals surface area contributed by atoms with Crippen LogP contribution in [0.15, 0.2) is 47.9 Å². The number of amides is 3. The van der Waals surface area contributed by atoms with Crippen LogP contribution in [-0.4, -0.2) is 34.2 Å². The van der Waals surface area contributed by atoms with Gasteiger partial charge in [0.15, 0.2) is 0 Å². The summed E-state index contributed by atoms with van der Waals surface area (Å²) in [4.78, 5) is 31.5. The highest BCUT2D eigenvalue weighted by molar-refractivity contribution is 7.99. The molecule has 0 unspecified atom stereocenters. The fourth-order valence-corrected chi connectivity index (χ4v) is 2.25. The van der Waals surface area contributed by atoms with Gasteiger partial charge in [0.05, 0.1) is 35.3 Å². The molecular weight excluding hydrogens is 314 g/mol. The molecular formula is C15H17N5O2S. The molecule has 0 atom stereocenters. The summed E-state index contributed by atoms with van der Waals surface area (Å²) >= 11 is 1.62. The second kappa shape index (κ2) is 8.74. The van der Waals surface area contributed by atoms with Crippen molar-refractivity contribution in [1.82, 2.24) is 15.3 Å². The van der Waals surface area contributed by atoms with Gasteiger partial charge in [-0.2, -0.15) is 0 Å². The zero-order chi connectivity index (χ0) is 16.5. The molecule has 0 saturated heterocycles. The summed E-state index contributed by atoms with van der Waals surface area (Å²) in [5, 5.41) is 8.61. The van der Waals surface area contributed by atoms with Crippen molar-refractivity contribution < 1.29 is 9.59 Å². The summed E-state index contributed by atoms with van der Waals surface area (Å²) in [6.07, 6.45) is 4.71. The minimum Gasteiger partial charge on any atom is -0.329 e. The van der Waals surface area contributed by atoms with Gasteiger partial charge in [-0.05, 0) is 30.0 Å². The van der Waals surface area contributed by atoms with E-state index in [0.29, 0.717) is 11.4 Å². The number of carbonyl (C=O) groups excluding carboxylic acids is 2. The van der Waals surface area contributed by atoms with E-state index in [-0.39, 0.29) is 12.5 Å². The Bertz CT molecular complexity index is 649. The van der Waals surface area contributed by atoms with E-state index < -0.39 is 6.03 Å². The van der Waals surface area contributed by atoms with Crippen molar-refractivity contribution in [1.29, 1.82) is 0 Å². The molecule has 8 heteroatoms. The Kier molecular flexibility index (Phi) is 6.37. The van der Waals surface area contributed by atoms with E-state index in [9.17, 15) is 9.59 Å². The molecule has 2 heterocycles. The van der Waals surface area contributed by atoms with Crippen LogP contribution in [0, 0.1) is 0 Å². The van der Waals surface area contributed by atoms with E-state index >= 15 is 0 Å². The molecule has 0 bridgehead atoms. The Hall–Kier alpha value is -2.61. The maximum atomic E-state index is 11.7. The first-order valence-corrected chi connectivity index (χ1v) is 7.99. The minimum atomic E-state index is -0.468. The SMILES string of the molecule is CCSc1ccc(NC(=O)NCC(=O)Nc2cccnc2)cn1. The smallest absolute Gasteiger partial charge is 0.319 e. The molecule has 0 aliphatic rings. The van der Waals surface area contributed by atoms with Crippen LogP contribution >= 0.6 is 11.8 Å². The highest BCUT2D eigenvalue weighted by Crippen LogP contribution is 2.16. The van der Waals surface area contributed by atoms with Gasteiger partial charge < -0.3 is 16.0 Å². The zero-order valence-corrected chi connectivity index (χ0v) is 13.4. The molecule has 0 aliphatic carbocycles. The molecule has 7 nitrogen and oxygen atoms in total. The molecule has 23 heavy (non-hydrogen) atoms. The van der Waals surface area contributed by atoms with Crippen LogP contribution in [0.3, 0.4) is 0 Å². The Morgan fingerprint density at radius 3 is 2.61 bits per heavy atom. The molecule has 0 aliphatic heterocycles. The van der Waals surface area contributed by atoms with Gasteiger partial charge in [-0.3, -0.25) is 9.78 Å². The summed E-state index contributed by atoms with van der Waals surface area (Å²) in [7, 11) is 0.